The molecule has 0 radical (unpaired) electrons. The molecule has 2 amide bonds. The molecule has 1 aliphatic heterocycles. The van der Waals surface area contributed by atoms with E-state index >= 15 is 0 Å². The molecule has 6 nitrogen and oxygen atoms in total. The van der Waals surface area contributed by atoms with Crippen molar-refractivity contribution in [3.05, 3.63) is 33.2 Å². The number of rotatable bonds is 5. The third-order valence-corrected chi connectivity index (χ3v) is 4.69. The Morgan fingerprint density at radius 1 is 1.35 bits per heavy atom. The van der Waals surface area contributed by atoms with Gasteiger partial charge in [-0.15, -0.1) is 0 Å². The van der Waals surface area contributed by atoms with Crippen molar-refractivity contribution in [1.29, 1.82) is 0 Å². The third kappa shape index (κ3) is 3.63. The highest BCUT2D eigenvalue weighted by Crippen LogP contribution is 2.32. The van der Waals surface area contributed by atoms with E-state index in [-0.39, 0.29) is 36.3 Å². The molecule has 1 aromatic heterocycles. The molecular formula is C17H23N3O3. The quantitative estimate of drug-likeness (QED) is 0.845. The Hall–Kier alpha value is -2.11. The van der Waals surface area contributed by atoms with Crippen LogP contribution in [0.5, 0.6) is 0 Å². The van der Waals surface area contributed by atoms with Crippen molar-refractivity contribution < 1.29 is 9.59 Å². The first-order valence-electron chi connectivity index (χ1n) is 8.19. The van der Waals surface area contributed by atoms with E-state index in [4.69, 9.17) is 0 Å². The molecule has 1 saturated carbocycles. The predicted molar refractivity (Wildman–Crippen MR) is 85.8 cm³/mol. The highest BCUT2D eigenvalue weighted by Gasteiger charge is 2.37. The van der Waals surface area contributed by atoms with Crippen LogP contribution in [0.2, 0.25) is 0 Å². The first-order valence-corrected chi connectivity index (χ1v) is 8.19. The van der Waals surface area contributed by atoms with Gasteiger partial charge in [0.25, 0.3) is 5.56 Å². The van der Waals surface area contributed by atoms with Crippen molar-refractivity contribution in [1.82, 2.24) is 15.2 Å². The van der Waals surface area contributed by atoms with Gasteiger partial charge >= 0.3 is 0 Å². The number of hydrogen-bond donors (Lipinski definition) is 2. The molecule has 3 rings (SSSR count). The van der Waals surface area contributed by atoms with Gasteiger partial charge in [-0.1, -0.05) is 0 Å². The zero-order valence-electron chi connectivity index (χ0n) is 13.6. The minimum absolute atomic E-state index is 0.0708. The minimum Gasteiger partial charge on any atom is -0.351 e. The van der Waals surface area contributed by atoms with Crippen LogP contribution >= 0.6 is 0 Å². The van der Waals surface area contributed by atoms with Gasteiger partial charge in [-0.3, -0.25) is 14.4 Å². The van der Waals surface area contributed by atoms with Crippen molar-refractivity contribution in [3.63, 3.8) is 0 Å². The SMILES string of the molecule is Cc1cc(C)c(CNC(=O)[C@@H]2CC(=O)N(CC3CC3)C2)c(=O)[nH]1. The molecule has 2 fully saturated rings. The number of aromatic amines is 1. The Kier molecular flexibility index (Phi) is 4.24. The van der Waals surface area contributed by atoms with Crippen molar-refractivity contribution in [3.8, 4) is 0 Å². The largest absolute Gasteiger partial charge is 0.351 e. The maximum absolute atomic E-state index is 12.3. The van der Waals surface area contributed by atoms with E-state index in [9.17, 15) is 14.4 Å². The van der Waals surface area contributed by atoms with E-state index in [0.29, 0.717) is 18.0 Å². The molecular weight excluding hydrogens is 294 g/mol. The average Bonchev–Trinajstić information content (AvgIpc) is 3.20. The van der Waals surface area contributed by atoms with Crippen LogP contribution in [-0.2, 0) is 16.1 Å². The lowest BCUT2D eigenvalue weighted by atomic mass is 10.1. The number of pyridine rings is 1. The van der Waals surface area contributed by atoms with E-state index < -0.39 is 0 Å². The van der Waals surface area contributed by atoms with Crippen LogP contribution in [0.1, 0.15) is 36.1 Å². The molecule has 0 bridgehead atoms. The molecule has 0 spiro atoms. The van der Waals surface area contributed by atoms with Gasteiger partial charge in [-0.05, 0) is 44.2 Å². The highest BCUT2D eigenvalue weighted by molar-refractivity contribution is 5.89. The molecule has 1 saturated heterocycles. The Bertz CT molecular complexity index is 691. The van der Waals surface area contributed by atoms with E-state index in [2.05, 4.69) is 10.3 Å². The van der Waals surface area contributed by atoms with E-state index in [1.54, 1.807) is 0 Å². The summed E-state index contributed by atoms with van der Waals surface area (Å²) in [5.74, 6) is 0.262. The summed E-state index contributed by atoms with van der Waals surface area (Å²) in [5, 5.41) is 2.81. The first-order chi connectivity index (χ1) is 10.9. The van der Waals surface area contributed by atoms with Gasteiger partial charge in [-0.2, -0.15) is 0 Å². The predicted octanol–water partition coefficient (Wildman–Crippen LogP) is 0.866. The Labute approximate surface area is 135 Å². The summed E-state index contributed by atoms with van der Waals surface area (Å²) < 4.78 is 0. The summed E-state index contributed by atoms with van der Waals surface area (Å²) in [7, 11) is 0. The smallest absolute Gasteiger partial charge is 0.253 e. The molecule has 0 aromatic carbocycles. The van der Waals surface area contributed by atoms with Crippen molar-refractivity contribution in [2.24, 2.45) is 11.8 Å². The number of aryl methyl sites for hydroxylation is 2. The number of amides is 2. The van der Waals surface area contributed by atoms with Crippen LogP contribution < -0.4 is 10.9 Å². The fourth-order valence-corrected chi connectivity index (χ4v) is 3.16. The van der Waals surface area contributed by atoms with Gasteiger partial charge in [0.2, 0.25) is 11.8 Å². The maximum Gasteiger partial charge on any atom is 0.253 e. The summed E-state index contributed by atoms with van der Waals surface area (Å²) >= 11 is 0. The van der Waals surface area contributed by atoms with Crippen molar-refractivity contribution in [2.45, 2.75) is 39.7 Å². The molecule has 2 heterocycles. The second-order valence-corrected chi connectivity index (χ2v) is 6.80. The number of likely N-dealkylation sites (tertiary alicyclic amines) is 1. The molecule has 1 aliphatic carbocycles. The van der Waals surface area contributed by atoms with Gasteiger partial charge in [0.1, 0.15) is 0 Å². The molecule has 2 N–H and O–H groups in total. The van der Waals surface area contributed by atoms with Crippen LogP contribution in [0.15, 0.2) is 10.9 Å². The number of hydrogen-bond acceptors (Lipinski definition) is 3. The van der Waals surface area contributed by atoms with Crippen LogP contribution in [0.4, 0.5) is 0 Å². The first kappa shape index (κ1) is 15.8. The van der Waals surface area contributed by atoms with E-state index in [0.717, 1.165) is 17.8 Å². The van der Waals surface area contributed by atoms with Crippen molar-refractivity contribution in [2.75, 3.05) is 13.1 Å². The topological polar surface area (TPSA) is 82.3 Å². The molecule has 124 valence electrons. The Balaban J connectivity index is 1.57. The summed E-state index contributed by atoms with van der Waals surface area (Å²) in [5.41, 5.74) is 2.08. The summed E-state index contributed by atoms with van der Waals surface area (Å²) in [6.45, 7) is 5.19. The minimum atomic E-state index is -0.300. The standard InChI is InChI=1S/C17H23N3O3/c1-10-5-11(2)19-17(23)14(10)7-18-16(22)13-6-15(21)20(9-13)8-12-3-4-12/h5,12-13H,3-4,6-9H2,1-2H3,(H,18,22)(H,19,23)/t13-/m1/s1. The van der Waals surface area contributed by atoms with Crippen LogP contribution in [0.3, 0.4) is 0 Å². The summed E-state index contributed by atoms with van der Waals surface area (Å²) in [6.07, 6.45) is 2.66. The number of nitrogens with one attached hydrogen (secondary N) is 2. The second kappa shape index (κ2) is 6.18. The molecule has 2 aliphatic rings. The van der Waals surface area contributed by atoms with Gasteiger partial charge in [0.15, 0.2) is 0 Å². The second-order valence-electron chi connectivity index (χ2n) is 6.80. The summed E-state index contributed by atoms with van der Waals surface area (Å²) in [4.78, 5) is 40.8. The molecule has 6 heteroatoms. The van der Waals surface area contributed by atoms with Gasteiger partial charge in [0, 0.05) is 37.3 Å². The van der Waals surface area contributed by atoms with Gasteiger partial charge < -0.3 is 15.2 Å². The molecule has 0 unspecified atom stereocenters. The molecule has 23 heavy (non-hydrogen) atoms. The zero-order chi connectivity index (χ0) is 16.6. The Morgan fingerprint density at radius 2 is 2.09 bits per heavy atom. The van der Waals surface area contributed by atoms with E-state index in [1.165, 1.54) is 12.8 Å². The summed E-state index contributed by atoms with van der Waals surface area (Å²) in [6, 6.07) is 1.89. The number of nitrogens with zero attached hydrogens (tertiary/aromatic N) is 1. The van der Waals surface area contributed by atoms with E-state index in [1.807, 2.05) is 24.8 Å². The normalized spacial score (nSPS) is 20.9. The van der Waals surface area contributed by atoms with Crippen LogP contribution in [-0.4, -0.2) is 34.8 Å². The highest BCUT2D eigenvalue weighted by atomic mass is 16.2. The average molecular weight is 317 g/mol. The van der Waals surface area contributed by atoms with Gasteiger partial charge in [-0.25, -0.2) is 0 Å². The lowest BCUT2D eigenvalue weighted by Crippen LogP contribution is -2.34. The zero-order valence-corrected chi connectivity index (χ0v) is 13.6. The number of carbonyl (C=O) groups is 2. The van der Waals surface area contributed by atoms with Crippen LogP contribution in [0, 0.1) is 25.7 Å². The lowest BCUT2D eigenvalue weighted by molar-refractivity contribution is -0.129. The number of H-pyrrole nitrogens is 1. The number of aromatic nitrogens is 1. The fourth-order valence-electron chi connectivity index (χ4n) is 3.16. The van der Waals surface area contributed by atoms with Gasteiger partial charge in [0.05, 0.1) is 5.92 Å². The maximum atomic E-state index is 12.3. The fraction of sp³-hybridized carbons (Fsp3) is 0.588. The van der Waals surface area contributed by atoms with Crippen molar-refractivity contribution >= 4 is 11.8 Å². The van der Waals surface area contributed by atoms with Crippen LogP contribution in [0.25, 0.3) is 0 Å². The monoisotopic (exact) mass is 317 g/mol. The number of carbonyl (C=O) groups excluding carboxylic acids is 2. The lowest BCUT2D eigenvalue weighted by Gasteiger charge is -2.16. The molecule has 1 atom stereocenters. The molecule has 1 aromatic rings. The third-order valence-electron chi connectivity index (χ3n) is 4.69. The Morgan fingerprint density at radius 3 is 2.74 bits per heavy atom.